The predicted octanol–water partition coefficient (Wildman–Crippen LogP) is 9.18. The molecule has 3 aromatic heterocycles. The Labute approximate surface area is 353 Å². The van der Waals surface area contributed by atoms with E-state index in [9.17, 15) is 0 Å². The van der Waals surface area contributed by atoms with Gasteiger partial charge in [0.25, 0.3) is 0 Å². The van der Waals surface area contributed by atoms with Crippen LogP contribution in [-0.2, 0) is 38.5 Å². The molecule has 0 radical (unpaired) electrons. The number of hydrogen-bond donors (Lipinski definition) is 1. The lowest BCUT2D eigenvalue weighted by atomic mass is 10.1. The van der Waals surface area contributed by atoms with Crippen LogP contribution in [0.1, 0.15) is 105 Å². The summed E-state index contributed by atoms with van der Waals surface area (Å²) in [6.07, 6.45) is 18.0. The lowest BCUT2D eigenvalue weighted by Crippen LogP contribution is -2.27. The third-order valence-corrected chi connectivity index (χ3v) is 11.2. The molecule has 1 atom stereocenters. The van der Waals surface area contributed by atoms with Crippen LogP contribution in [0.5, 0.6) is 0 Å². The Kier molecular flexibility index (Phi) is 16.1. The van der Waals surface area contributed by atoms with Crippen LogP contribution in [0.15, 0.2) is 104 Å². The number of aromatic nitrogens is 6. The van der Waals surface area contributed by atoms with Crippen molar-refractivity contribution in [1.82, 2.24) is 30.6 Å². The second-order valence-electron chi connectivity index (χ2n) is 15.8. The molecule has 0 bridgehead atoms. The minimum Gasteiger partial charge on any atom is -0.408 e. The monoisotopic (exact) mass is 810 g/mol. The van der Waals surface area contributed by atoms with Gasteiger partial charge in [0.1, 0.15) is 6.04 Å². The van der Waals surface area contributed by atoms with Crippen molar-refractivity contribution < 1.29 is 13.3 Å². The molecule has 60 heavy (non-hydrogen) atoms. The molecule has 13 heteroatoms. The molecule has 1 saturated carbocycles. The van der Waals surface area contributed by atoms with E-state index < -0.39 is 0 Å². The number of aryl methyl sites for hydroxylation is 6. The summed E-state index contributed by atoms with van der Waals surface area (Å²) in [6.45, 7) is 2.92. The van der Waals surface area contributed by atoms with Crippen molar-refractivity contribution in [2.75, 3.05) is 34.8 Å². The van der Waals surface area contributed by atoms with Crippen molar-refractivity contribution >= 4 is 18.0 Å². The van der Waals surface area contributed by atoms with Crippen LogP contribution in [0.25, 0.3) is 0 Å². The smallest absolute Gasteiger partial charge is 0.319 e. The van der Waals surface area contributed by atoms with Gasteiger partial charge < -0.3 is 28.4 Å². The molecule has 1 N–H and O–H groups in total. The molecule has 9 rings (SSSR count). The maximum Gasteiger partial charge on any atom is 0.319 e. The van der Waals surface area contributed by atoms with Crippen molar-refractivity contribution in [3.63, 3.8) is 0 Å². The number of nitrogens with zero attached hydrogens (tertiary/aromatic N) is 9. The standard InChI is InChI=1S/C16H18N4O.C16H21N3O.C15H19N3O/c17-12-14-9-5-11-20(14)16-19-18-15(21-16)10-4-8-13-6-2-1-3-7-13;1-2-7-13(8-3-1)9-6-12-15-18-19-16(20-15)17-14-10-4-5-11-14;1-2-7-13(8-3-1)9-6-10-14-16-17-15(19-14)18-11-4-5-12-18/h1-3,6-7,14H,4-5,8-11H2;1-3,7-8,14H,4-6,9-12H2,(H,17,19);1-3,7-8H,4-6,9-12H2/t14-;;/m0../s1. The quantitative estimate of drug-likeness (QED) is 0.0987. The van der Waals surface area contributed by atoms with Crippen LogP contribution in [0, 0.1) is 11.3 Å². The minimum atomic E-state index is -0.123. The highest BCUT2D eigenvalue weighted by Crippen LogP contribution is 2.25. The van der Waals surface area contributed by atoms with Gasteiger partial charge in [-0.2, -0.15) is 5.26 Å². The van der Waals surface area contributed by atoms with Gasteiger partial charge >= 0.3 is 18.0 Å². The Balaban J connectivity index is 0.000000136. The molecule has 0 unspecified atom stereocenters. The van der Waals surface area contributed by atoms with Gasteiger partial charge in [0.2, 0.25) is 17.7 Å². The van der Waals surface area contributed by atoms with Crippen LogP contribution < -0.4 is 15.1 Å². The third-order valence-electron chi connectivity index (χ3n) is 11.2. The number of rotatable bonds is 16. The SMILES string of the molecule is N#C[C@@H]1CCCN1c1nnc(CCCc2ccccc2)o1.c1ccc(CCCc2nnc(N3CCCC3)o2)cc1.c1ccc(CCCc2nnc(NC3CCCC3)o2)cc1. The van der Waals surface area contributed by atoms with Crippen molar-refractivity contribution in [1.29, 1.82) is 5.26 Å². The zero-order chi connectivity index (χ0) is 41.0. The summed E-state index contributed by atoms with van der Waals surface area (Å²) in [7, 11) is 0. The lowest BCUT2D eigenvalue weighted by Gasteiger charge is -2.15. The first-order chi connectivity index (χ1) is 29.7. The first kappa shape index (κ1) is 42.1. The Morgan fingerprint density at radius 3 is 1.53 bits per heavy atom. The highest BCUT2D eigenvalue weighted by atomic mass is 16.4. The summed E-state index contributed by atoms with van der Waals surface area (Å²) in [5.74, 6) is 2.16. The lowest BCUT2D eigenvalue weighted by molar-refractivity contribution is 0.478. The summed E-state index contributed by atoms with van der Waals surface area (Å²) in [6, 6.07) is 35.9. The Morgan fingerprint density at radius 1 is 0.517 bits per heavy atom. The maximum absolute atomic E-state index is 9.09. The third kappa shape index (κ3) is 13.2. The maximum atomic E-state index is 9.09. The van der Waals surface area contributed by atoms with E-state index in [-0.39, 0.29) is 6.04 Å². The average Bonchev–Trinajstić information content (AvgIpc) is 4.15. The summed E-state index contributed by atoms with van der Waals surface area (Å²) >= 11 is 0. The van der Waals surface area contributed by atoms with Crippen molar-refractivity contribution in [2.24, 2.45) is 0 Å². The molecular formula is C47H58N10O3. The molecule has 5 heterocycles. The van der Waals surface area contributed by atoms with Gasteiger partial charge in [-0.1, -0.05) is 119 Å². The van der Waals surface area contributed by atoms with Crippen molar-refractivity contribution in [3.8, 4) is 6.07 Å². The topological polar surface area (TPSA) is 159 Å². The van der Waals surface area contributed by atoms with Gasteiger partial charge in [-0.25, -0.2) is 0 Å². The number of hydrogen-bond acceptors (Lipinski definition) is 13. The average molecular weight is 811 g/mol. The number of anilines is 3. The fraction of sp³-hybridized carbons (Fsp3) is 0.468. The first-order valence-electron chi connectivity index (χ1n) is 21.9. The Hall–Kier alpha value is -6.03. The first-order valence-corrected chi connectivity index (χ1v) is 21.9. The van der Waals surface area contributed by atoms with Crippen LogP contribution in [0.2, 0.25) is 0 Å². The summed E-state index contributed by atoms with van der Waals surface area (Å²) in [5.41, 5.74) is 4.04. The molecule has 3 aliphatic rings. The van der Waals surface area contributed by atoms with E-state index in [2.05, 4.69) is 120 Å². The van der Waals surface area contributed by atoms with E-state index in [0.717, 1.165) is 102 Å². The van der Waals surface area contributed by atoms with Gasteiger partial charge in [-0.3, -0.25) is 0 Å². The van der Waals surface area contributed by atoms with Crippen molar-refractivity contribution in [3.05, 3.63) is 125 Å². The van der Waals surface area contributed by atoms with Crippen LogP contribution in [-0.4, -0.2) is 62.3 Å². The summed E-state index contributed by atoms with van der Waals surface area (Å²) in [5, 5.41) is 37.0. The van der Waals surface area contributed by atoms with Gasteiger partial charge in [-0.05, 0) is 93.7 Å². The van der Waals surface area contributed by atoms with Crippen LogP contribution in [0.3, 0.4) is 0 Å². The van der Waals surface area contributed by atoms with E-state index in [1.807, 2.05) is 23.1 Å². The van der Waals surface area contributed by atoms with Gasteiger partial charge in [0.05, 0.1) is 6.07 Å². The molecule has 2 aliphatic heterocycles. The number of nitriles is 1. The molecule has 0 spiro atoms. The molecule has 0 amide bonds. The molecule has 3 fully saturated rings. The van der Waals surface area contributed by atoms with E-state index >= 15 is 0 Å². The molecule has 2 saturated heterocycles. The van der Waals surface area contributed by atoms with Gasteiger partial charge in [0.15, 0.2) is 0 Å². The van der Waals surface area contributed by atoms with E-state index in [1.54, 1.807) is 0 Å². The zero-order valence-electron chi connectivity index (χ0n) is 34.7. The molecule has 6 aromatic rings. The minimum absolute atomic E-state index is 0.123. The largest absolute Gasteiger partial charge is 0.408 e. The fourth-order valence-corrected chi connectivity index (χ4v) is 7.90. The van der Waals surface area contributed by atoms with Crippen LogP contribution in [0.4, 0.5) is 18.0 Å². The molecule has 314 valence electrons. The Bertz CT molecular complexity index is 2120. The predicted molar refractivity (Wildman–Crippen MR) is 232 cm³/mol. The zero-order valence-corrected chi connectivity index (χ0v) is 34.7. The molecule has 13 nitrogen and oxygen atoms in total. The Morgan fingerprint density at radius 2 is 1.00 bits per heavy atom. The molecular weight excluding hydrogens is 753 g/mol. The van der Waals surface area contributed by atoms with Gasteiger partial charge in [0, 0.05) is 44.9 Å². The fourth-order valence-electron chi connectivity index (χ4n) is 7.90. The van der Waals surface area contributed by atoms with Gasteiger partial charge in [-0.15, -0.1) is 15.3 Å². The molecule has 1 aliphatic carbocycles. The van der Waals surface area contributed by atoms with E-state index in [0.29, 0.717) is 30.0 Å². The highest BCUT2D eigenvalue weighted by Gasteiger charge is 2.28. The number of benzene rings is 3. The van der Waals surface area contributed by atoms with Crippen LogP contribution >= 0.6 is 0 Å². The molecule has 3 aromatic carbocycles. The number of nitrogens with one attached hydrogen (secondary N) is 1. The van der Waals surface area contributed by atoms with E-state index in [4.69, 9.17) is 18.5 Å². The second kappa shape index (κ2) is 22.9. The summed E-state index contributed by atoms with van der Waals surface area (Å²) in [4.78, 5) is 4.08. The second-order valence-corrected chi connectivity index (χ2v) is 15.8. The normalized spacial score (nSPS) is 16.2. The van der Waals surface area contributed by atoms with Crippen molar-refractivity contribution in [2.45, 2.75) is 121 Å². The summed E-state index contributed by atoms with van der Waals surface area (Å²) < 4.78 is 17.0. The highest BCUT2D eigenvalue weighted by molar-refractivity contribution is 5.32. The van der Waals surface area contributed by atoms with E-state index in [1.165, 1.54) is 55.2 Å².